The van der Waals surface area contributed by atoms with E-state index < -0.39 is 15.3 Å². The summed E-state index contributed by atoms with van der Waals surface area (Å²) in [5, 5.41) is 0.584. The van der Waals surface area contributed by atoms with Gasteiger partial charge in [-0.25, -0.2) is 8.42 Å². The Morgan fingerprint density at radius 2 is 1.80 bits per heavy atom. The highest BCUT2D eigenvalue weighted by molar-refractivity contribution is 7.89. The summed E-state index contributed by atoms with van der Waals surface area (Å²) < 4.78 is 26.3. The first kappa shape index (κ1) is 17.9. The molecule has 3 rings (SSSR count). The van der Waals surface area contributed by atoms with Gasteiger partial charge in [0, 0.05) is 46.0 Å². The van der Waals surface area contributed by atoms with Gasteiger partial charge < -0.3 is 14.8 Å². The Hall–Kier alpha value is -1.87. The number of nitrogens with zero attached hydrogens (tertiary/aromatic N) is 5. The van der Waals surface area contributed by atoms with Gasteiger partial charge in [-0.2, -0.15) is 14.3 Å². The van der Waals surface area contributed by atoms with Crippen molar-refractivity contribution in [1.82, 2.24) is 19.3 Å². The summed E-state index contributed by atoms with van der Waals surface area (Å²) in [5.41, 5.74) is 1.84. The minimum absolute atomic E-state index is 0.391. The van der Waals surface area contributed by atoms with E-state index in [0.717, 1.165) is 22.5 Å². The van der Waals surface area contributed by atoms with E-state index in [1.807, 2.05) is 32.0 Å². The van der Waals surface area contributed by atoms with Crippen molar-refractivity contribution < 1.29 is 8.42 Å². The normalized spacial score (nSPS) is 16.8. The summed E-state index contributed by atoms with van der Waals surface area (Å²) in [5.74, 6) is 1.50. The lowest BCUT2D eigenvalue weighted by Gasteiger charge is -2.35. The van der Waals surface area contributed by atoms with Crippen LogP contribution < -0.4 is 9.80 Å². The Kier molecular flexibility index (Phi) is 4.63. The fraction of sp³-hybridized carbons (Fsp3) is 0.625. The molecule has 0 aromatic carbocycles. The van der Waals surface area contributed by atoms with Crippen LogP contribution in [0.25, 0.3) is 11.0 Å². The number of anilines is 2. The zero-order valence-electron chi connectivity index (χ0n) is 15.4. The van der Waals surface area contributed by atoms with Gasteiger partial charge in [-0.15, -0.1) is 0 Å². The third-order valence-corrected chi connectivity index (χ3v) is 6.76. The Balaban J connectivity index is 1.91. The molecule has 0 radical (unpaired) electrons. The van der Waals surface area contributed by atoms with Gasteiger partial charge in [0.15, 0.2) is 0 Å². The van der Waals surface area contributed by atoms with Gasteiger partial charge in [0.25, 0.3) is 0 Å². The third-order valence-electron chi connectivity index (χ3n) is 4.48. The highest BCUT2D eigenvalue weighted by Crippen LogP contribution is 2.28. The Morgan fingerprint density at radius 1 is 1.16 bits per heavy atom. The van der Waals surface area contributed by atoms with Gasteiger partial charge in [0.1, 0.15) is 11.5 Å². The van der Waals surface area contributed by atoms with Crippen LogP contribution >= 0.6 is 0 Å². The summed E-state index contributed by atoms with van der Waals surface area (Å²) >= 11 is 0. The molecular formula is C16H26N6O2S. The zero-order valence-corrected chi connectivity index (χ0v) is 16.3. The molecule has 25 heavy (non-hydrogen) atoms. The molecule has 0 amide bonds. The summed E-state index contributed by atoms with van der Waals surface area (Å²) in [6.07, 6.45) is 0. The van der Waals surface area contributed by atoms with Crippen molar-refractivity contribution in [3.05, 3.63) is 11.8 Å². The topological polar surface area (TPSA) is 85.4 Å². The average Bonchev–Trinajstić information content (AvgIpc) is 2.93. The Labute approximate surface area is 148 Å². The molecule has 0 saturated carbocycles. The summed E-state index contributed by atoms with van der Waals surface area (Å²) in [7, 11) is 0.615. The minimum atomic E-state index is -3.21. The lowest BCUT2D eigenvalue weighted by Crippen LogP contribution is -2.50. The molecule has 1 fully saturated rings. The summed E-state index contributed by atoms with van der Waals surface area (Å²) in [4.78, 5) is 16.6. The standard InChI is InChI=1S/C16H26N6O2S/c1-11(2)25(23,24)22-8-6-21(7-9-22)15-13-10-12(3)17-14(13)18-16(19-15)20(4)5/h10-11H,6-9H2,1-5H3,(H,17,18,19). The first-order valence-corrected chi connectivity index (χ1v) is 9.99. The molecule has 0 bridgehead atoms. The minimum Gasteiger partial charge on any atom is -0.353 e. The van der Waals surface area contributed by atoms with Crippen LogP contribution in [-0.4, -0.2) is 73.2 Å². The predicted octanol–water partition coefficient (Wildman–Crippen LogP) is 1.19. The molecule has 2 aromatic heterocycles. The fourth-order valence-electron chi connectivity index (χ4n) is 3.01. The molecule has 1 aliphatic rings. The first-order valence-electron chi connectivity index (χ1n) is 8.48. The lowest BCUT2D eigenvalue weighted by molar-refractivity contribution is 0.380. The van der Waals surface area contributed by atoms with E-state index in [0.29, 0.717) is 32.1 Å². The number of aromatic amines is 1. The second-order valence-electron chi connectivity index (χ2n) is 6.94. The molecule has 0 spiro atoms. The van der Waals surface area contributed by atoms with Gasteiger partial charge in [-0.05, 0) is 26.8 Å². The van der Waals surface area contributed by atoms with Gasteiger partial charge >= 0.3 is 0 Å². The van der Waals surface area contributed by atoms with Gasteiger partial charge in [-0.3, -0.25) is 0 Å². The zero-order chi connectivity index (χ0) is 18.4. The van der Waals surface area contributed by atoms with Crippen molar-refractivity contribution in [3.63, 3.8) is 0 Å². The Morgan fingerprint density at radius 3 is 2.36 bits per heavy atom. The smallest absolute Gasteiger partial charge is 0.228 e. The van der Waals surface area contributed by atoms with Crippen molar-refractivity contribution in [2.45, 2.75) is 26.0 Å². The largest absolute Gasteiger partial charge is 0.353 e. The van der Waals surface area contributed by atoms with Crippen LogP contribution in [0.5, 0.6) is 0 Å². The van der Waals surface area contributed by atoms with Crippen molar-refractivity contribution in [2.75, 3.05) is 50.1 Å². The molecular weight excluding hydrogens is 340 g/mol. The van der Waals surface area contributed by atoms with E-state index in [2.05, 4.69) is 14.9 Å². The van der Waals surface area contributed by atoms with E-state index >= 15 is 0 Å². The number of H-pyrrole nitrogens is 1. The SMILES string of the molecule is Cc1cc2c(N3CCN(S(=O)(=O)C(C)C)CC3)nc(N(C)C)nc2[nH]1. The quantitative estimate of drug-likeness (QED) is 0.875. The second-order valence-corrected chi connectivity index (χ2v) is 9.43. The molecule has 2 aromatic rings. The van der Waals surface area contributed by atoms with E-state index in [1.54, 1.807) is 18.2 Å². The van der Waals surface area contributed by atoms with Crippen LogP contribution in [0, 0.1) is 6.92 Å². The number of aryl methyl sites for hydroxylation is 1. The second kappa shape index (κ2) is 6.45. The van der Waals surface area contributed by atoms with E-state index in [4.69, 9.17) is 4.98 Å². The third kappa shape index (κ3) is 3.30. The molecule has 1 aliphatic heterocycles. The molecule has 1 saturated heterocycles. The number of nitrogens with one attached hydrogen (secondary N) is 1. The maximum Gasteiger partial charge on any atom is 0.228 e. The summed E-state index contributed by atoms with van der Waals surface area (Å²) in [6, 6.07) is 2.04. The van der Waals surface area contributed by atoms with Crippen LogP contribution in [0.3, 0.4) is 0 Å². The monoisotopic (exact) mass is 366 g/mol. The average molecular weight is 366 g/mol. The van der Waals surface area contributed by atoms with Crippen LogP contribution in [0.1, 0.15) is 19.5 Å². The summed E-state index contributed by atoms with van der Waals surface area (Å²) in [6.45, 7) is 7.64. The fourth-order valence-corrected chi connectivity index (χ4v) is 4.28. The highest BCUT2D eigenvalue weighted by Gasteiger charge is 2.30. The molecule has 9 heteroatoms. The Bertz CT molecular complexity index is 866. The predicted molar refractivity (Wildman–Crippen MR) is 101 cm³/mol. The molecule has 8 nitrogen and oxygen atoms in total. The van der Waals surface area contributed by atoms with Crippen LogP contribution in [-0.2, 0) is 10.0 Å². The maximum atomic E-state index is 12.4. The van der Waals surface area contributed by atoms with Crippen molar-refractivity contribution in [1.29, 1.82) is 0 Å². The molecule has 0 unspecified atom stereocenters. The van der Waals surface area contributed by atoms with Crippen molar-refractivity contribution >= 4 is 32.8 Å². The van der Waals surface area contributed by atoms with Gasteiger partial charge in [0.2, 0.25) is 16.0 Å². The molecule has 1 N–H and O–H groups in total. The van der Waals surface area contributed by atoms with Gasteiger partial charge in [0.05, 0.1) is 10.6 Å². The van der Waals surface area contributed by atoms with Crippen LogP contribution in [0.15, 0.2) is 6.07 Å². The maximum absolute atomic E-state index is 12.4. The molecule has 3 heterocycles. The molecule has 0 aliphatic carbocycles. The number of fused-ring (bicyclic) bond motifs is 1. The number of hydrogen-bond acceptors (Lipinski definition) is 6. The number of sulfonamides is 1. The van der Waals surface area contributed by atoms with Crippen LogP contribution in [0.2, 0.25) is 0 Å². The van der Waals surface area contributed by atoms with Crippen molar-refractivity contribution in [3.8, 4) is 0 Å². The van der Waals surface area contributed by atoms with E-state index in [9.17, 15) is 8.42 Å². The van der Waals surface area contributed by atoms with E-state index in [1.165, 1.54) is 0 Å². The number of hydrogen-bond donors (Lipinski definition) is 1. The number of rotatable bonds is 4. The number of aromatic nitrogens is 3. The number of piperazine rings is 1. The van der Waals surface area contributed by atoms with Gasteiger partial charge in [-0.1, -0.05) is 0 Å². The van der Waals surface area contributed by atoms with E-state index in [-0.39, 0.29) is 0 Å². The molecule has 0 atom stereocenters. The first-order chi connectivity index (χ1) is 11.7. The highest BCUT2D eigenvalue weighted by atomic mass is 32.2. The molecule has 138 valence electrons. The van der Waals surface area contributed by atoms with Crippen LogP contribution in [0.4, 0.5) is 11.8 Å². The van der Waals surface area contributed by atoms with Crippen molar-refractivity contribution in [2.24, 2.45) is 0 Å². The lowest BCUT2D eigenvalue weighted by atomic mass is 10.3.